The average Bonchev–Trinajstić information content (AvgIpc) is 3.55. The highest BCUT2D eigenvalue weighted by atomic mass is 35.5. The molecule has 3 fully saturated rings. The molecule has 4 atom stereocenters. The van der Waals surface area contributed by atoms with E-state index in [-0.39, 0.29) is 17.7 Å². The van der Waals surface area contributed by atoms with Crippen molar-refractivity contribution in [3.8, 4) is 5.75 Å². The van der Waals surface area contributed by atoms with Gasteiger partial charge in [-0.1, -0.05) is 48.2 Å². The molecule has 186 valence electrons. The lowest BCUT2D eigenvalue weighted by molar-refractivity contribution is -0.133. The van der Waals surface area contributed by atoms with Crippen LogP contribution in [0.1, 0.15) is 55.2 Å². The number of hydrogen-bond donors (Lipinski definition) is 4. The number of aromatic hydroxyl groups is 1. The number of rotatable bonds is 6. The van der Waals surface area contributed by atoms with Crippen LogP contribution in [0.4, 0.5) is 0 Å². The van der Waals surface area contributed by atoms with E-state index in [1.165, 1.54) is 5.56 Å². The molecule has 1 heterocycles. The molecule has 4 unspecified atom stereocenters. The molecule has 5 nitrogen and oxygen atoms in total. The molecule has 3 aliphatic carbocycles. The van der Waals surface area contributed by atoms with Crippen LogP contribution >= 0.6 is 23.2 Å². The molecule has 2 bridgehead atoms. The summed E-state index contributed by atoms with van der Waals surface area (Å²) in [4.78, 5) is 14.0. The minimum Gasteiger partial charge on any atom is -0.508 e. The molecule has 0 aromatic heterocycles. The number of hydrogen-bond acceptors (Lipinski definition) is 4. The second-order valence-electron chi connectivity index (χ2n) is 11.3. The third kappa shape index (κ3) is 3.78. The normalized spacial score (nSPS) is 33.2. The predicted octanol–water partition coefficient (Wildman–Crippen LogP) is 4.53. The second kappa shape index (κ2) is 8.37. The SMILES string of the molecule is O=C(NCCc1ccc(Cl)cc1Cl)C1(CC2CC2)CC23CCNC(Cc4ccc(O)cc42)C3(O)C1. The molecule has 4 N–H and O–H groups in total. The van der Waals surface area contributed by atoms with Gasteiger partial charge in [-0.15, -0.1) is 0 Å². The van der Waals surface area contributed by atoms with Crippen molar-refractivity contribution in [2.24, 2.45) is 11.3 Å². The van der Waals surface area contributed by atoms with Crippen LogP contribution < -0.4 is 10.6 Å². The Labute approximate surface area is 216 Å². The summed E-state index contributed by atoms with van der Waals surface area (Å²) in [5.41, 5.74) is 0.991. The number of piperidine rings is 1. The van der Waals surface area contributed by atoms with Crippen LogP contribution in [0.25, 0.3) is 0 Å². The smallest absolute Gasteiger partial charge is 0.226 e. The number of phenolic OH excluding ortho intramolecular Hbond substituents is 1. The molecule has 0 radical (unpaired) electrons. The van der Waals surface area contributed by atoms with Crippen molar-refractivity contribution in [3.63, 3.8) is 0 Å². The fourth-order valence-corrected chi connectivity index (χ4v) is 7.98. The van der Waals surface area contributed by atoms with Gasteiger partial charge in [0.2, 0.25) is 5.91 Å². The van der Waals surface area contributed by atoms with Crippen molar-refractivity contribution in [2.45, 2.75) is 68.4 Å². The van der Waals surface area contributed by atoms with Crippen molar-refractivity contribution in [3.05, 3.63) is 63.1 Å². The van der Waals surface area contributed by atoms with Gasteiger partial charge in [-0.25, -0.2) is 0 Å². The van der Waals surface area contributed by atoms with Gasteiger partial charge < -0.3 is 20.8 Å². The first-order chi connectivity index (χ1) is 16.7. The summed E-state index contributed by atoms with van der Waals surface area (Å²) in [7, 11) is 0. The van der Waals surface area contributed by atoms with Crippen LogP contribution in [0.3, 0.4) is 0 Å². The van der Waals surface area contributed by atoms with E-state index >= 15 is 0 Å². The Bertz CT molecular complexity index is 1180. The quantitative estimate of drug-likeness (QED) is 0.456. The molecule has 4 aliphatic rings. The summed E-state index contributed by atoms with van der Waals surface area (Å²) >= 11 is 12.4. The van der Waals surface area contributed by atoms with Crippen molar-refractivity contribution in [2.75, 3.05) is 13.1 Å². The first-order valence-corrected chi connectivity index (χ1v) is 13.5. The lowest BCUT2D eigenvalue weighted by atomic mass is 9.56. The molecule has 35 heavy (non-hydrogen) atoms. The van der Waals surface area contributed by atoms with E-state index in [1.54, 1.807) is 12.1 Å². The van der Waals surface area contributed by atoms with Gasteiger partial charge in [0.15, 0.2) is 0 Å². The van der Waals surface area contributed by atoms with Crippen LogP contribution in [0, 0.1) is 11.3 Å². The van der Waals surface area contributed by atoms with Crippen molar-refractivity contribution in [1.82, 2.24) is 10.6 Å². The summed E-state index contributed by atoms with van der Waals surface area (Å²) in [6.07, 6.45) is 6.29. The zero-order valence-electron chi connectivity index (χ0n) is 19.7. The summed E-state index contributed by atoms with van der Waals surface area (Å²) in [5, 5.41) is 30.7. The maximum absolute atomic E-state index is 14.0. The number of halogens is 2. The first kappa shape index (κ1) is 23.6. The molecule has 0 spiro atoms. The Morgan fingerprint density at radius 3 is 2.74 bits per heavy atom. The van der Waals surface area contributed by atoms with Crippen LogP contribution in [-0.2, 0) is 23.1 Å². The number of benzene rings is 2. The Hall–Kier alpha value is -1.79. The molecular formula is C28H32Cl2N2O3. The Morgan fingerprint density at radius 1 is 1.14 bits per heavy atom. The Morgan fingerprint density at radius 2 is 1.97 bits per heavy atom. The summed E-state index contributed by atoms with van der Waals surface area (Å²) in [5.74, 6) is 0.809. The summed E-state index contributed by atoms with van der Waals surface area (Å²) in [6, 6.07) is 10.9. The molecule has 1 saturated heterocycles. The Kier molecular flexibility index (Phi) is 5.65. The molecule has 2 saturated carbocycles. The van der Waals surface area contributed by atoms with Gasteiger partial charge in [0.05, 0.1) is 11.0 Å². The maximum Gasteiger partial charge on any atom is 0.226 e. The van der Waals surface area contributed by atoms with E-state index in [2.05, 4.69) is 10.6 Å². The van der Waals surface area contributed by atoms with E-state index in [0.717, 1.165) is 43.4 Å². The Balaban J connectivity index is 1.31. The monoisotopic (exact) mass is 514 g/mol. The number of carbonyl (C=O) groups is 1. The minimum atomic E-state index is -1.02. The third-order valence-corrected chi connectivity index (χ3v) is 9.77. The van der Waals surface area contributed by atoms with E-state index in [0.29, 0.717) is 48.2 Å². The van der Waals surface area contributed by atoms with Gasteiger partial charge in [-0.05, 0) is 91.9 Å². The molecule has 1 amide bonds. The predicted molar refractivity (Wildman–Crippen MR) is 137 cm³/mol. The van der Waals surface area contributed by atoms with Gasteiger partial charge in [0.25, 0.3) is 0 Å². The maximum atomic E-state index is 14.0. The van der Waals surface area contributed by atoms with E-state index < -0.39 is 16.4 Å². The van der Waals surface area contributed by atoms with E-state index in [1.807, 2.05) is 24.3 Å². The summed E-state index contributed by atoms with van der Waals surface area (Å²) < 4.78 is 0. The van der Waals surface area contributed by atoms with Crippen LogP contribution in [0.2, 0.25) is 10.0 Å². The lowest BCUT2D eigenvalue weighted by Crippen LogP contribution is -2.68. The van der Waals surface area contributed by atoms with Gasteiger partial charge in [-0.3, -0.25) is 4.79 Å². The highest BCUT2D eigenvalue weighted by Crippen LogP contribution is 2.66. The number of phenols is 1. The third-order valence-electron chi connectivity index (χ3n) is 9.18. The van der Waals surface area contributed by atoms with Crippen LogP contribution in [0.5, 0.6) is 5.75 Å². The molecule has 2 aromatic rings. The van der Waals surface area contributed by atoms with Gasteiger partial charge in [-0.2, -0.15) is 0 Å². The number of carbonyl (C=O) groups excluding carboxylic acids is 1. The molecule has 7 heteroatoms. The van der Waals surface area contributed by atoms with E-state index in [4.69, 9.17) is 23.2 Å². The minimum absolute atomic E-state index is 0.0408. The lowest BCUT2D eigenvalue weighted by Gasteiger charge is -2.55. The zero-order valence-corrected chi connectivity index (χ0v) is 21.3. The highest BCUT2D eigenvalue weighted by Gasteiger charge is 2.71. The van der Waals surface area contributed by atoms with Gasteiger partial charge >= 0.3 is 0 Å². The van der Waals surface area contributed by atoms with Crippen molar-refractivity contribution in [1.29, 1.82) is 0 Å². The number of amides is 1. The van der Waals surface area contributed by atoms with Gasteiger partial charge in [0.1, 0.15) is 5.75 Å². The van der Waals surface area contributed by atoms with Crippen molar-refractivity contribution < 1.29 is 15.0 Å². The largest absolute Gasteiger partial charge is 0.508 e. The fraction of sp³-hybridized carbons (Fsp3) is 0.536. The highest BCUT2D eigenvalue weighted by molar-refractivity contribution is 6.35. The zero-order chi connectivity index (χ0) is 24.4. The number of nitrogens with one attached hydrogen (secondary N) is 2. The van der Waals surface area contributed by atoms with E-state index in [9.17, 15) is 15.0 Å². The summed E-state index contributed by atoms with van der Waals surface area (Å²) in [6.45, 7) is 1.29. The van der Waals surface area contributed by atoms with Crippen molar-refractivity contribution >= 4 is 29.1 Å². The molecule has 1 aliphatic heterocycles. The second-order valence-corrected chi connectivity index (χ2v) is 12.2. The molecule has 2 aromatic carbocycles. The molecule has 6 rings (SSSR count). The number of aliphatic hydroxyl groups is 1. The first-order valence-electron chi connectivity index (χ1n) is 12.8. The fourth-order valence-electron chi connectivity index (χ4n) is 7.48. The van der Waals surface area contributed by atoms with Gasteiger partial charge in [0, 0.05) is 28.0 Å². The van der Waals surface area contributed by atoms with Crippen LogP contribution in [-0.4, -0.2) is 40.9 Å². The molecular weight excluding hydrogens is 483 g/mol. The average molecular weight is 515 g/mol. The topological polar surface area (TPSA) is 81.6 Å². The number of fused-ring (bicyclic) bond motifs is 1. The standard InChI is InChI=1S/C28H32Cl2N2O3/c29-20-5-3-18(23(30)12-20)7-9-32-25(34)26(14-17-1-2-17)15-27-8-10-31-24(28(27,35)16-26)11-19-4-6-21(33)13-22(19)27/h3-6,12-13,17,24,31,33,35H,1-2,7-11,14-16H2,(H,32,34). The van der Waals surface area contributed by atoms with Crippen LogP contribution in [0.15, 0.2) is 36.4 Å².